The van der Waals surface area contributed by atoms with Gasteiger partial charge in [0.15, 0.2) is 0 Å². The van der Waals surface area contributed by atoms with Crippen molar-refractivity contribution >= 4 is 12.0 Å². The largest absolute Gasteiger partial charge is 0.490 e. The average molecular weight is 430 g/mol. The minimum atomic E-state index is -5.08. The molecule has 2 fully saturated rings. The first-order valence-corrected chi connectivity index (χ1v) is 9.91. The lowest BCUT2D eigenvalue weighted by Gasteiger charge is -2.47. The van der Waals surface area contributed by atoms with Gasteiger partial charge in [0.05, 0.1) is 5.69 Å². The van der Waals surface area contributed by atoms with Crippen LogP contribution in [0.2, 0.25) is 0 Å². The first-order chi connectivity index (χ1) is 14.0. The predicted octanol–water partition coefficient (Wildman–Crippen LogP) is 3.07. The van der Waals surface area contributed by atoms with Gasteiger partial charge in [-0.25, -0.2) is 9.59 Å². The summed E-state index contributed by atoms with van der Waals surface area (Å²) in [5, 5.41) is 7.12. The van der Waals surface area contributed by atoms with Crippen LogP contribution in [0, 0.1) is 5.41 Å². The number of carboxylic acid groups (broad SMARTS) is 1. The summed E-state index contributed by atoms with van der Waals surface area (Å²) in [6.07, 6.45) is 1.61. The van der Waals surface area contributed by atoms with Crippen LogP contribution in [0.15, 0.2) is 24.4 Å². The number of rotatable bonds is 2. The molecule has 2 aliphatic rings. The summed E-state index contributed by atoms with van der Waals surface area (Å²) in [5.74, 6) is -2.76. The molecule has 1 aromatic heterocycles. The Hall–Kier alpha value is -2.36. The molecule has 0 bridgehead atoms. The second-order valence-electron chi connectivity index (χ2n) is 8.06. The van der Waals surface area contributed by atoms with E-state index in [0.29, 0.717) is 5.41 Å². The number of carbonyl (C=O) groups is 2. The zero-order chi connectivity index (χ0) is 22.4. The Labute approximate surface area is 174 Å². The Kier molecular flexibility index (Phi) is 8.05. The summed E-state index contributed by atoms with van der Waals surface area (Å²) >= 11 is 0. The molecule has 10 heteroatoms. The van der Waals surface area contributed by atoms with Crippen molar-refractivity contribution in [3.8, 4) is 0 Å². The van der Waals surface area contributed by atoms with Crippen LogP contribution in [0.25, 0.3) is 0 Å². The van der Waals surface area contributed by atoms with E-state index in [1.165, 1.54) is 12.8 Å². The van der Waals surface area contributed by atoms with Crippen molar-refractivity contribution in [2.75, 3.05) is 40.3 Å². The Morgan fingerprint density at radius 2 is 1.63 bits per heavy atom. The molecule has 30 heavy (non-hydrogen) atoms. The third-order valence-corrected chi connectivity index (χ3v) is 5.75. The predicted molar refractivity (Wildman–Crippen MR) is 105 cm³/mol. The Morgan fingerprint density at radius 1 is 1.10 bits per heavy atom. The molecule has 0 saturated carbocycles. The van der Waals surface area contributed by atoms with Crippen molar-refractivity contribution in [2.45, 2.75) is 38.4 Å². The van der Waals surface area contributed by atoms with Crippen LogP contribution in [0.5, 0.6) is 0 Å². The molecule has 1 aromatic rings. The van der Waals surface area contributed by atoms with Gasteiger partial charge in [-0.05, 0) is 56.3 Å². The highest BCUT2D eigenvalue weighted by Gasteiger charge is 2.39. The maximum Gasteiger partial charge on any atom is 0.490 e. The molecule has 7 nitrogen and oxygen atoms in total. The zero-order valence-corrected chi connectivity index (χ0v) is 17.4. The van der Waals surface area contributed by atoms with Crippen LogP contribution >= 0.6 is 0 Å². The van der Waals surface area contributed by atoms with E-state index < -0.39 is 12.1 Å². The van der Waals surface area contributed by atoms with Gasteiger partial charge in [0.25, 0.3) is 0 Å². The van der Waals surface area contributed by atoms with E-state index in [1.807, 2.05) is 31.3 Å². The number of pyridine rings is 1. The number of alkyl halides is 3. The van der Waals surface area contributed by atoms with Gasteiger partial charge in [-0.3, -0.25) is 9.88 Å². The minimum absolute atomic E-state index is 0.160. The van der Waals surface area contributed by atoms with E-state index in [0.717, 1.165) is 51.3 Å². The van der Waals surface area contributed by atoms with Crippen molar-refractivity contribution in [2.24, 2.45) is 5.41 Å². The van der Waals surface area contributed by atoms with E-state index in [2.05, 4.69) is 22.0 Å². The molecule has 168 valence electrons. The lowest BCUT2D eigenvalue weighted by molar-refractivity contribution is -0.192. The standard InChI is InChI=1S/C18H28N4O.C2HF3O2/c1-20(2)17(23)22-13-8-18(9-14-22)6-11-21(12-7-18)15-16-5-3-4-10-19-16;3-2(4,5)1(6)7/h3-5,10H,6-9,11-15H2,1-2H3;(H,6,7). The monoisotopic (exact) mass is 430 g/mol. The maximum atomic E-state index is 12.1. The molecule has 0 radical (unpaired) electrons. The fourth-order valence-corrected chi connectivity index (χ4v) is 3.86. The summed E-state index contributed by atoms with van der Waals surface area (Å²) in [5.41, 5.74) is 1.62. The summed E-state index contributed by atoms with van der Waals surface area (Å²) < 4.78 is 31.7. The van der Waals surface area contributed by atoms with E-state index >= 15 is 0 Å². The number of urea groups is 1. The highest BCUT2D eigenvalue weighted by molar-refractivity contribution is 5.74. The Bertz CT molecular complexity index is 695. The molecule has 0 atom stereocenters. The van der Waals surface area contributed by atoms with Gasteiger partial charge in [-0.15, -0.1) is 0 Å². The number of carboxylic acids is 1. The topological polar surface area (TPSA) is 77.0 Å². The quantitative estimate of drug-likeness (QED) is 0.780. The van der Waals surface area contributed by atoms with Crippen LogP contribution in [0.1, 0.15) is 31.4 Å². The van der Waals surface area contributed by atoms with Gasteiger partial charge in [0, 0.05) is 39.9 Å². The Morgan fingerprint density at radius 3 is 2.07 bits per heavy atom. The fourth-order valence-electron chi connectivity index (χ4n) is 3.86. The molecule has 1 N–H and O–H groups in total. The summed E-state index contributed by atoms with van der Waals surface area (Å²) in [6.45, 7) is 5.09. The highest BCUT2D eigenvalue weighted by Crippen LogP contribution is 2.41. The Balaban J connectivity index is 0.000000396. The smallest absolute Gasteiger partial charge is 0.475 e. The van der Waals surface area contributed by atoms with E-state index in [4.69, 9.17) is 9.90 Å². The van der Waals surface area contributed by atoms with Gasteiger partial charge in [0.2, 0.25) is 0 Å². The molecule has 2 saturated heterocycles. The average Bonchev–Trinajstić information content (AvgIpc) is 2.70. The number of nitrogens with zero attached hydrogens (tertiary/aromatic N) is 4. The third kappa shape index (κ3) is 6.86. The van der Waals surface area contributed by atoms with E-state index in [9.17, 15) is 18.0 Å². The van der Waals surface area contributed by atoms with Crippen molar-refractivity contribution in [3.63, 3.8) is 0 Å². The molecular weight excluding hydrogens is 401 g/mol. The zero-order valence-electron chi connectivity index (χ0n) is 17.4. The molecule has 2 aliphatic heterocycles. The molecule has 0 aliphatic carbocycles. The summed E-state index contributed by atoms with van der Waals surface area (Å²) in [6, 6.07) is 6.30. The van der Waals surface area contributed by atoms with Crippen LogP contribution in [-0.4, -0.2) is 83.2 Å². The molecule has 0 unspecified atom stereocenters. The maximum absolute atomic E-state index is 12.1. The number of piperidine rings is 2. The first-order valence-electron chi connectivity index (χ1n) is 9.91. The van der Waals surface area contributed by atoms with Gasteiger partial charge < -0.3 is 14.9 Å². The number of aliphatic carboxylic acids is 1. The molecular formula is C20H29F3N4O3. The van der Waals surface area contributed by atoms with Crippen molar-refractivity contribution < 1.29 is 27.9 Å². The fraction of sp³-hybridized carbons (Fsp3) is 0.650. The first kappa shape index (κ1) is 23.9. The van der Waals surface area contributed by atoms with Crippen LogP contribution in [0.4, 0.5) is 18.0 Å². The van der Waals surface area contributed by atoms with Crippen molar-refractivity contribution in [1.29, 1.82) is 0 Å². The molecule has 2 amide bonds. The van der Waals surface area contributed by atoms with Crippen molar-refractivity contribution in [1.82, 2.24) is 19.7 Å². The minimum Gasteiger partial charge on any atom is -0.475 e. The molecule has 0 aromatic carbocycles. The van der Waals surface area contributed by atoms with Gasteiger partial charge in [-0.1, -0.05) is 6.07 Å². The summed E-state index contributed by atoms with van der Waals surface area (Å²) in [7, 11) is 3.67. The number of hydrogen-bond donors (Lipinski definition) is 1. The lowest BCUT2D eigenvalue weighted by Crippen LogP contribution is -2.50. The second-order valence-corrected chi connectivity index (χ2v) is 8.06. The number of hydrogen-bond acceptors (Lipinski definition) is 4. The third-order valence-electron chi connectivity index (χ3n) is 5.75. The van der Waals surface area contributed by atoms with Crippen LogP contribution in [-0.2, 0) is 11.3 Å². The SMILES string of the molecule is CN(C)C(=O)N1CCC2(CCN(Cc3ccccn3)CC2)CC1.O=C(O)C(F)(F)F. The number of amides is 2. The lowest BCUT2D eigenvalue weighted by atomic mass is 9.71. The van der Waals surface area contributed by atoms with Crippen LogP contribution < -0.4 is 0 Å². The number of aromatic nitrogens is 1. The van der Waals surface area contributed by atoms with Gasteiger partial charge in [-0.2, -0.15) is 13.2 Å². The highest BCUT2D eigenvalue weighted by atomic mass is 19.4. The van der Waals surface area contributed by atoms with Crippen molar-refractivity contribution in [3.05, 3.63) is 30.1 Å². The van der Waals surface area contributed by atoms with Gasteiger partial charge >= 0.3 is 18.2 Å². The summed E-state index contributed by atoms with van der Waals surface area (Å²) in [4.78, 5) is 31.6. The normalized spacial score (nSPS) is 19.0. The second kappa shape index (κ2) is 10.1. The molecule has 3 heterocycles. The van der Waals surface area contributed by atoms with E-state index in [-0.39, 0.29) is 6.03 Å². The number of carbonyl (C=O) groups excluding carboxylic acids is 1. The van der Waals surface area contributed by atoms with E-state index in [1.54, 1.807) is 4.90 Å². The number of halogens is 3. The molecule has 3 rings (SSSR count). The van der Waals surface area contributed by atoms with Gasteiger partial charge in [0.1, 0.15) is 0 Å². The van der Waals surface area contributed by atoms with Crippen LogP contribution in [0.3, 0.4) is 0 Å². The number of likely N-dealkylation sites (tertiary alicyclic amines) is 2. The molecule has 1 spiro atoms.